The summed E-state index contributed by atoms with van der Waals surface area (Å²) in [6.07, 6.45) is 3.09. The molecule has 3 N–H and O–H groups in total. The Hall–Kier alpha value is -1.07. The zero-order valence-corrected chi connectivity index (χ0v) is 13.1. The maximum atomic E-state index is 12.2. The molecule has 1 aromatic heterocycles. The standard InChI is InChI=1S/C14H23N3O2.ClH/c1-9(2)7-14(3,8-15)16-13(18)11-6-12(19-17-11)10-4-5-10;/h6,9-10H,4-5,7-8,15H2,1-3H3,(H,16,18);1H. The van der Waals surface area contributed by atoms with Gasteiger partial charge in [0.25, 0.3) is 5.91 Å². The summed E-state index contributed by atoms with van der Waals surface area (Å²) in [5.74, 6) is 1.55. The van der Waals surface area contributed by atoms with Crippen molar-refractivity contribution in [3.8, 4) is 0 Å². The summed E-state index contributed by atoms with van der Waals surface area (Å²) in [4.78, 5) is 12.2. The lowest BCUT2D eigenvalue weighted by atomic mass is 9.90. The molecule has 114 valence electrons. The summed E-state index contributed by atoms with van der Waals surface area (Å²) in [6, 6.07) is 1.75. The van der Waals surface area contributed by atoms with Gasteiger partial charge in [0.05, 0.1) is 5.54 Å². The van der Waals surface area contributed by atoms with Gasteiger partial charge in [-0.05, 0) is 32.1 Å². The van der Waals surface area contributed by atoms with Crippen LogP contribution in [0.1, 0.15) is 62.2 Å². The number of carbonyl (C=O) groups excluding carboxylic acids is 1. The molecule has 1 aliphatic rings. The minimum Gasteiger partial charge on any atom is -0.360 e. The molecule has 1 unspecified atom stereocenters. The maximum Gasteiger partial charge on any atom is 0.273 e. The molecular formula is C14H24ClN3O2. The number of amides is 1. The topological polar surface area (TPSA) is 81.1 Å². The van der Waals surface area contributed by atoms with Crippen molar-refractivity contribution in [2.75, 3.05) is 6.54 Å². The van der Waals surface area contributed by atoms with E-state index in [1.807, 2.05) is 6.92 Å². The van der Waals surface area contributed by atoms with Crippen LogP contribution in [-0.2, 0) is 0 Å². The highest BCUT2D eigenvalue weighted by Gasteiger charge is 2.31. The Labute approximate surface area is 126 Å². The maximum absolute atomic E-state index is 12.2. The van der Waals surface area contributed by atoms with Crippen molar-refractivity contribution in [3.63, 3.8) is 0 Å². The van der Waals surface area contributed by atoms with E-state index in [-0.39, 0.29) is 18.3 Å². The van der Waals surface area contributed by atoms with Gasteiger partial charge in [-0.3, -0.25) is 4.79 Å². The van der Waals surface area contributed by atoms with Crippen LogP contribution in [-0.4, -0.2) is 23.1 Å². The Morgan fingerprint density at radius 1 is 1.60 bits per heavy atom. The third-order valence-electron chi connectivity index (χ3n) is 3.47. The number of rotatable bonds is 6. The van der Waals surface area contributed by atoms with Crippen LogP contribution in [0.3, 0.4) is 0 Å². The predicted octanol–water partition coefficient (Wildman–Crippen LogP) is 2.47. The molecule has 0 bridgehead atoms. The number of carbonyl (C=O) groups is 1. The SMILES string of the molecule is CC(C)CC(C)(CN)NC(=O)c1cc(C2CC2)on1.Cl. The first-order valence-corrected chi connectivity index (χ1v) is 6.93. The van der Waals surface area contributed by atoms with Crippen LogP contribution in [0.25, 0.3) is 0 Å². The highest BCUT2D eigenvalue weighted by molar-refractivity contribution is 5.92. The van der Waals surface area contributed by atoms with Gasteiger partial charge in [0.1, 0.15) is 5.76 Å². The second-order valence-electron chi connectivity index (χ2n) is 6.21. The van der Waals surface area contributed by atoms with E-state index in [4.69, 9.17) is 10.3 Å². The molecule has 1 aliphatic carbocycles. The number of aromatic nitrogens is 1. The van der Waals surface area contributed by atoms with Crippen LogP contribution in [0.4, 0.5) is 0 Å². The molecule has 1 saturated carbocycles. The molecule has 1 heterocycles. The van der Waals surface area contributed by atoms with E-state index in [0.29, 0.717) is 24.1 Å². The lowest BCUT2D eigenvalue weighted by Gasteiger charge is -2.30. The van der Waals surface area contributed by atoms with Crippen molar-refractivity contribution >= 4 is 18.3 Å². The first kappa shape index (κ1) is 17.0. The van der Waals surface area contributed by atoms with Gasteiger partial charge in [0.15, 0.2) is 5.69 Å². The largest absolute Gasteiger partial charge is 0.360 e. The van der Waals surface area contributed by atoms with Crippen LogP contribution < -0.4 is 11.1 Å². The van der Waals surface area contributed by atoms with Gasteiger partial charge in [-0.15, -0.1) is 12.4 Å². The summed E-state index contributed by atoms with van der Waals surface area (Å²) < 4.78 is 5.20. The summed E-state index contributed by atoms with van der Waals surface area (Å²) in [6.45, 7) is 6.60. The molecule has 1 fully saturated rings. The van der Waals surface area contributed by atoms with Gasteiger partial charge in [-0.2, -0.15) is 0 Å². The monoisotopic (exact) mass is 301 g/mol. The average molecular weight is 302 g/mol. The molecule has 0 aliphatic heterocycles. The van der Waals surface area contributed by atoms with Crippen molar-refractivity contribution in [3.05, 3.63) is 17.5 Å². The molecule has 0 aromatic carbocycles. The van der Waals surface area contributed by atoms with Crippen molar-refractivity contribution in [1.82, 2.24) is 10.5 Å². The fourth-order valence-corrected chi connectivity index (χ4v) is 2.38. The van der Waals surface area contributed by atoms with Crippen LogP contribution in [0, 0.1) is 5.92 Å². The van der Waals surface area contributed by atoms with Crippen molar-refractivity contribution in [1.29, 1.82) is 0 Å². The summed E-state index contributed by atoms with van der Waals surface area (Å²) in [7, 11) is 0. The first-order valence-electron chi connectivity index (χ1n) is 6.93. The van der Waals surface area contributed by atoms with Crippen LogP contribution >= 0.6 is 12.4 Å². The Balaban J connectivity index is 0.00000200. The molecule has 0 spiro atoms. The lowest BCUT2D eigenvalue weighted by molar-refractivity contribution is 0.0889. The highest BCUT2D eigenvalue weighted by Crippen LogP contribution is 2.40. The minimum atomic E-state index is -0.399. The Bertz CT molecular complexity index is 457. The predicted molar refractivity (Wildman–Crippen MR) is 80.1 cm³/mol. The van der Waals surface area contributed by atoms with E-state index in [1.165, 1.54) is 0 Å². The van der Waals surface area contributed by atoms with Gasteiger partial charge in [-0.1, -0.05) is 19.0 Å². The second-order valence-corrected chi connectivity index (χ2v) is 6.21. The van der Waals surface area contributed by atoms with E-state index in [1.54, 1.807) is 6.07 Å². The van der Waals surface area contributed by atoms with E-state index in [9.17, 15) is 4.79 Å². The number of hydrogen-bond donors (Lipinski definition) is 2. The molecular weight excluding hydrogens is 278 g/mol. The molecule has 6 heteroatoms. The molecule has 1 atom stereocenters. The van der Waals surface area contributed by atoms with E-state index < -0.39 is 5.54 Å². The summed E-state index contributed by atoms with van der Waals surface area (Å²) >= 11 is 0. The van der Waals surface area contributed by atoms with Gasteiger partial charge in [0.2, 0.25) is 0 Å². The minimum absolute atomic E-state index is 0. The van der Waals surface area contributed by atoms with Gasteiger partial charge in [0, 0.05) is 18.5 Å². The number of halogens is 1. The van der Waals surface area contributed by atoms with Gasteiger partial charge >= 0.3 is 0 Å². The highest BCUT2D eigenvalue weighted by atomic mass is 35.5. The van der Waals surface area contributed by atoms with Crippen LogP contribution in [0.2, 0.25) is 0 Å². The first-order chi connectivity index (χ1) is 8.93. The van der Waals surface area contributed by atoms with E-state index >= 15 is 0 Å². The summed E-state index contributed by atoms with van der Waals surface area (Å²) in [5, 5.41) is 6.82. The number of nitrogens with one attached hydrogen (secondary N) is 1. The molecule has 0 saturated heterocycles. The van der Waals surface area contributed by atoms with Crippen LogP contribution in [0.15, 0.2) is 10.6 Å². The Kier molecular flexibility index (Phi) is 5.59. The number of nitrogens with zero attached hydrogens (tertiary/aromatic N) is 1. The molecule has 20 heavy (non-hydrogen) atoms. The normalized spacial score (nSPS) is 17.4. The van der Waals surface area contributed by atoms with E-state index in [0.717, 1.165) is 25.0 Å². The summed E-state index contributed by atoms with van der Waals surface area (Å²) in [5.41, 5.74) is 5.74. The molecule has 1 amide bonds. The lowest BCUT2D eigenvalue weighted by Crippen LogP contribution is -2.52. The third-order valence-corrected chi connectivity index (χ3v) is 3.47. The van der Waals surface area contributed by atoms with Crippen molar-refractivity contribution in [2.24, 2.45) is 11.7 Å². The van der Waals surface area contributed by atoms with Crippen molar-refractivity contribution in [2.45, 2.75) is 51.5 Å². The van der Waals surface area contributed by atoms with E-state index in [2.05, 4.69) is 24.3 Å². The van der Waals surface area contributed by atoms with Crippen molar-refractivity contribution < 1.29 is 9.32 Å². The zero-order valence-electron chi connectivity index (χ0n) is 12.3. The quantitative estimate of drug-likeness (QED) is 0.845. The molecule has 2 rings (SSSR count). The smallest absolute Gasteiger partial charge is 0.273 e. The van der Waals surface area contributed by atoms with Gasteiger partial charge < -0.3 is 15.6 Å². The number of nitrogens with two attached hydrogens (primary N) is 1. The van der Waals surface area contributed by atoms with Gasteiger partial charge in [-0.25, -0.2) is 0 Å². The Morgan fingerprint density at radius 3 is 2.75 bits per heavy atom. The molecule has 1 aromatic rings. The third kappa shape index (κ3) is 4.21. The molecule has 5 nitrogen and oxygen atoms in total. The second kappa shape index (κ2) is 6.59. The average Bonchev–Trinajstić information content (AvgIpc) is 3.06. The van der Waals surface area contributed by atoms with Crippen LogP contribution in [0.5, 0.6) is 0 Å². The number of hydrogen-bond acceptors (Lipinski definition) is 4. The zero-order chi connectivity index (χ0) is 14.0. The molecule has 0 radical (unpaired) electrons. The fourth-order valence-electron chi connectivity index (χ4n) is 2.38. The Morgan fingerprint density at radius 2 is 2.25 bits per heavy atom. The fraction of sp³-hybridized carbons (Fsp3) is 0.714.